The first-order chi connectivity index (χ1) is 5.18. The zero-order valence-electron chi connectivity index (χ0n) is 7.72. The molecular weight excluding hydrogens is 215 g/mol. The van der Waals surface area contributed by atoms with E-state index in [9.17, 15) is 0 Å². The molecule has 0 aromatic carbocycles. The van der Waals surface area contributed by atoms with Gasteiger partial charge in [0, 0.05) is 32.7 Å². The molecule has 0 bridgehead atoms. The van der Waals surface area contributed by atoms with E-state index in [1.807, 2.05) is 0 Å². The van der Waals surface area contributed by atoms with Crippen LogP contribution in [0, 0.1) is 0 Å². The summed E-state index contributed by atoms with van der Waals surface area (Å²) in [5.41, 5.74) is 0. The molecular formula is C7H18Cl2N2O2. The number of β-amino-alcohol motifs (C(OH)–C–C–N with tert-alkyl or cyclic N) is 2. The van der Waals surface area contributed by atoms with Gasteiger partial charge < -0.3 is 15.1 Å². The summed E-state index contributed by atoms with van der Waals surface area (Å²) in [7, 11) is 2.08. The topological polar surface area (TPSA) is 46.9 Å². The minimum atomic E-state index is -1.18. The maximum absolute atomic E-state index is 8.67. The lowest BCUT2D eigenvalue weighted by molar-refractivity contribution is -0.0663. The molecule has 13 heavy (non-hydrogen) atoms. The Balaban J connectivity index is 0. The highest BCUT2D eigenvalue weighted by molar-refractivity contribution is 5.85. The Morgan fingerprint density at radius 1 is 1.08 bits per heavy atom. The Morgan fingerprint density at radius 2 is 1.54 bits per heavy atom. The quantitative estimate of drug-likeness (QED) is 0.624. The van der Waals surface area contributed by atoms with Gasteiger partial charge in [-0.15, -0.1) is 24.8 Å². The maximum Gasteiger partial charge on any atom is 0.164 e. The molecule has 0 unspecified atom stereocenters. The Hall–Kier alpha value is 0.420. The van der Waals surface area contributed by atoms with E-state index >= 15 is 0 Å². The van der Waals surface area contributed by atoms with Gasteiger partial charge in [-0.3, -0.25) is 4.90 Å². The van der Waals surface area contributed by atoms with Crippen LogP contribution in [-0.4, -0.2) is 66.1 Å². The van der Waals surface area contributed by atoms with Crippen molar-refractivity contribution < 1.29 is 10.2 Å². The Morgan fingerprint density at radius 3 is 1.92 bits per heavy atom. The molecule has 82 valence electrons. The van der Waals surface area contributed by atoms with Crippen LogP contribution < -0.4 is 0 Å². The highest BCUT2D eigenvalue weighted by Crippen LogP contribution is 1.98. The van der Waals surface area contributed by atoms with Crippen molar-refractivity contribution in [2.75, 3.05) is 39.8 Å². The molecule has 0 spiro atoms. The van der Waals surface area contributed by atoms with Crippen LogP contribution >= 0.6 is 24.8 Å². The fourth-order valence-corrected chi connectivity index (χ4v) is 1.26. The number of nitrogens with zero attached hydrogens (tertiary/aromatic N) is 2. The molecule has 1 fully saturated rings. The summed E-state index contributed by atoms with van der Waals surface area (Å²) in [5.74, 6) is 0. The molecule has 0 saturated carbocycles. The van der Waals surface area contributed by atoms with E-state index in [-0.39, 0.29) is 24.8 Å². The molecule has 0 amide bonds. The monoisotopic (exact) mass is 232 g/mol. The highest BCUT2D eigenvalue weighted by atomic mass is 35.5. The van der Waals surface area contributed by atoms with E-state index in [4.69, 9.17) is 10.2 Å². The number of halogens is 2. The number of piperazine rings is 1. The largest absolute Gasteiger partial charge is 0.367 e. The van der Waals surface area contributed by atoms with Crippen molar-refractivity contribution in [3.63, 3.8) is 0 Å². The van der Waals surface area contributed by atoms with Crippen molar-refractivity contribution in [2.24, 2.45) is 0 Å². The second-order valence-corrected chi connectivity index (χ2v) is 3.08. The number of aliphatic hydroxyl groups is 2. The molecule has 1 rings (SSSR count). The van der Waals surface area contributed by atoms with Gasteiger partial charge >= 0.3 is 0 Å². The van der Waals surface area contributed by atoms with Crippen LogP contribution in [0.1, 0.15) is 0 Å². The molecule has 0 aliphatic carbocycles. The Bertz CT molecular complexity index is 119. The first-order valence-corrected chi connectivity index (χ1v) is 3.95. The van der Waals surface area contributed by atoms with Crippen molar-refractivity contribution >= 4 is 24.8 Å². The third-order valence-electron chi connectivity index (χ3n) is 2.02. The number of hydrogen-bond acceptors (Lipinski definition) is 4. The van der Waals surface area contributed by atoms with Crippen LogP contribution in [-0.2, 0) is 0 Å². The number of aliphatic hydroxyl groups excluding tert-OH is 1. The van der Waals surface area contributed by atoms with Gasteiger partial charge in [-0.2, -0.15) is 0 Å². The standard InChI is InChI=1S/C7H16N2O2.2ClH/c1-8-2-4-9(5-3-8)6-7(10)11;;/h7,10-11H,2-6H2,1H3;2*1H. The molecule has 1 heterocycles. The van der Waals surface area contributed by atoms with Gasteiger partial charge in [0.25, 0.3) is 0 Å². The molecule has 1 saturated heterocycles. The smallest absolute Gasteiger partial charge is 0.164 e. The summed E-state index contributed by atoms with van der Waals surface area (Å²) >= 11 is 0. The van der Waals surface area contributed by atoms with Crippen molar-refractivity contribution in [1.29, 1.82) is 0 Å². The number of likely N-dealkylation sites (N-methyl/N-ethyl adjacent to an activating group) is 1. The summed E-state index contributed by atoms with van der Waals surface area (Å²) < 4.78 is 0. The lowest BCUT2D eigenvalue weighted by atomic mass is 10.3. The van der Waals surface area contributed by atoms with Crippen LogP contribution in [0.15, 0.2) is 0 Å². The molecule has 0 radical (unpaired) electrons. The van der Waals surface area contributed by atoms with E-state index < -0.39 is 6.29 Å². The second-order valence-electron chi connectivity index (χ2n) is 3.08. The minimum absolute atomic E-state index is 0. The van der Waals surface area contributed by atoms with Gasteiger partial charge in [-0.25, -0.2) is 0 Å². The van der Waals surface area contributed by atoms with Crippen molar-refractivity contribution in [1.82, 2.24) is 9.80 Å². The first-order valence-electron chi connectivity index (χ1n) is 3.95. The zero-order valence-corrected chi connectivity index (χ0v) is 9.35. The van der Waals surface area contributed by atoms with Crippen molar-refractivity contribution in [3.05, 3.63) is 0 Å². The second kappa shape index (κ2) is 7.79. The lowest BCUT2D eigenvalue weighted by Crippen LogP contribution is -2.46. The zero-order chi connectivity index (χ0) is 8.27. The average molecular weight is 233 g/mol. The molecule has 0 aromatic heterocycles. The summed E-state index contributed by atoms with van der Waals surface area (Å²) in [6.07, 6.45) is -1.18. The third-order valence-corrected chi connectivity index (χ3v) is 2.02. The third kappa shape index (κ3) is 6.49. The molecule has 1 aliphatic heterocycles. The normalized spacial score (nSPS) is 19.4. The molecule has 0 aromatic rings. The predicted molar refractivity (Wildman–Crippen MR) is 56.7 cm³/mol. The molecule has 6 heteroatoms. The summed E-state index contributed by atoms with van der Waals surface area (Å²) in [6.45, 7) is 4.30. The number of hydrogen-bond donors (Lipinski definition) is 2. The Labute approximate surface area is 91.3 Å². The van der Waals surface area contributed by atoms with Gasteiger partial charge in [0.15, 0.2) is 6.29 Å². The van der Waals surface area contributed by atoms with E-state index in [0.29, 0.717) is 6.54 Å². The summed E-state index contributed by atoms with van der Waals surface area (Å²) in [6, 6.07) is 0. The molecule has 4 nitrogen and oxygen atoms in total. The lowest BCUT2D eigenvalue weighted by Gasteiger charge is -2.32. The van der Waals surface area contributed by atoms with Crippen LogP contribution in [0.25, 0.3) is 0 Å². The van der Waals surface area contributed by atoms with Crippen molar-refractivity contribution in [3.8, 4) is 0 Å². The fraction of sp³-hybridized carbons (Fsp3) is 1.00. The van der Waals surface area contributed by atoms with Crippen LogP contribution in [0.2, 0.25) is 0 Å². The first kappa shape index (κ1) is 15.9. The van der Waals surface area contributed by atoms with Crippen LogP contribution in [0.3, 0.4) is 0 Å². The fourth-order valence-electron chi connectivity index (χ4n) is 1.26. The number of rotatable bonds is 2. The van der Waals surface area contributed by atoms with Gasteiger partial charge in [-0.05, 0) is 7.05 Å². The molecule has 2 N–H and O–H groups in total. The molecule has 1 aliphatic rings. The van der Waals surface area contributed by atoms with Crippen molar-refractivity contribution in [2.45, 2.75) is 6.29 Å². The van der Waals surface area contributed by atoms with E-state index in [2.05, 4.69) is 16.8 Å². The van der Waals surface area contributed by atoms with E-state index in [0.717, 1.165) is 26.2 Å². The molecule has 0 atom stereocenters. The Kier molecular flexibility index (Phi) is 9.51. The van der Waals surface area contributed by atoms with Crippen LogP contribution in [0.5, 0.6) is 0 Å². The van der Waals surface area contributed by atoms with Gasteiger partial charge in [0.05, 0.1) is 0 Å². The maximum atomic E-state index is 8.67. The SMILES string of the molecule is CN1CCN(CC(O)O)CC1.Cl.Cl. The van der Waals surface area contributed by atoms with E-state index in [1.165, 1.54) is 0 Å². The summed E-state index contributed by atoms with van der Waals surface area (Å²) in [4.78, 5) is 4.30. The average Bonchev–Trinajstić information content (AvgIpc) is 1.93. The predicted octanol–water partition coefficient (Wildman–Crippen LogP) is -0.612. The van der Waals surface area contributed by atoms with Gasteiger partial charge in [-0.1, -0.05) is 0 Å². The van der Waals surface area contributed by atoms with Crippen LogP contribution in [0.4, 0.5) is 0 Å². The highest BCUT2D eigenvalue weighted by Gasteiger charge is 2.14. The summed E-state index contributed by atoms with van der Waals surface area (Å²) in [5, 5.41) is 17.3. The minimum Gasteiger partial charge on any atom is -0.367 e. The van der Waals surface area contributed by atoms with Gasteiger partial charge in [0.2, 0.25) is 0 Å². The van der Waals surface area contributed by atoms with Gasteiger partial charge in [0.1, 0.15) is 0 Å². The van der Waals surface area contributed by atoms with E-state index in [1.54, 1.807) is 0 Å².